The summed E-state index contributed by atoms with van der Waals surface area (Å²) in [5, 5.41) is 4.75. The van der Waals surface area contributed by atoms with Crippen molar-refractivity contribution >= 4 is 27.5 Å². The largest absolute Gasteiger partial charge is 0.350 e. The van der Waals surface area contributed by atoms with Crippen LogP contribution in [0, 0.1) is 0 Å². The topological polar surface area (TPSA) is 84.0 Å². The lowest BCUT2D eigenvalue weighted by Gasteiger charge is -2.14. The van der Waals surface area contributed by atoms with E-state index in [0.717, 1.165) is 5.56 Å². The van der Waals surface area contributed by atoms with Crippen molar-refractivity contribution in [2.75, 3.05) is 0 Å². The molecule has 3 rings (SSSR count). The first kappa shape index (κ1) is 18.1. The van der Waals surface area contributed by atoms with E-state index in [0.29, 0.717) is 36.0 Å². The van der Waals surface area contributed by atoms with E-state index in [4.69, 9.17) is 0 Å². The molecule has 0 saturated heterocycles. The smallest absolute Gasteiger partial charge is 0.328 e. The third kappa shape index (κ3) is 4.11. The molecule has 2 heterocycles. The highest BCUT2D eigenvalue weighted by molar-refractivity contribution is 7.17. The maximum absolute atomic E-state index is 12.3. The van der Waals surface area contributed by atoms with Crippen molar-refractivity contribution in [3.63, 3.8) is 0 Å². The van der Waals surface area contributed by atoms with Crippen LogP contribution in [0.3, 0.4) is 0 Å². The van der Waals surface area contributed by atoms with Crippen molar-refractivity contribution in [2.24, 2.45) is 0 Å². The van der Waals surface area contributed by atoms with Gasteiger partial charge in [0.25, 0.3) is 5.56 Å². The molecular weight excluding hydrogens is 350 g/mol. The summed E-state index contributed by atoms with van der Waals surface area (Å²) in [5.74, 6) is -0.0312. The Morgan fingerprint density at radius 3 is 2.73 bits per heavy atom. The number of H-pyrrole nitrogens is 1. The second-order valence-corrected chi connectivity index (χ2v) is 7.12. The molecule has 0 fully saturated rings. The molecule has 1 atom stereocenters. The van der Waals surface area contributed by atoms with Crippen molar-refractivity contribution in [2.45, 2.75) is 38.8 Å². The van der Waals surface area contributed by atoms with E-state index >= 15 is 0 Å². The molecule has 0 spiro atoms. The van der Waals surface area contributed by atoms with E-state index < -0.39 is 5.69 Å². The van der Waals surface area contributed by atoms with E-state index in [1.165, 1.54) is 15.9 Å². The van der Waals surface area contributed by atoms with Gasteiger partial charge < -0.3 is 10.3 Å². The van der Waals surface area contributed by atoms with Gasteiger partial charge >= 0.3 is 5.69 Å². The number of nitrogens with one attached hydrogen (secondary N) is 2. The second kappa shape index (κ2) is 8.14. The first-order chi connectivity index (χ1) is 12.6. The second-order valence-electron chi connectivity index (χ2n) is 6.21. The summed E-state index contributed by atoms with van der Waals surface area (Å²) in [7, 11) is 0. The number of benzene rings is 1. The number of thiophene rings is 1. The Morgan fingerprint density at radius 2 is 1.96 bits per heavy atom. The number of carbonyl (C=O) groups excluding carboxylic acids is 1. The molecule has 0 aliphatic rings. The van der Waals surface area contributed by atoms with Crippen molar-refractivity contribution in [1.29, 1.82) is 0 Å². The normalized spacial score (nSPS) is 12.2. The van der Waals surface area contributed by atoms with Gasteiger partial charge in [-0.05, 0) is 36.8 Å². The van der Waals surface area contributed by atoms with Crippen LogP contribution >= 0.6 is 11.3 Å². The standard InChI is InChI=1S/C19H21N3O3S/c1-13(14-7-3-2-4-8-14)20-16(23)9-5-6-11-22-18(24)17-15(10-12-26-17)21-19(22)25/h2-4,7-8,10,12-13H,5-6,9,11H2,1H3,(H,20,23)(H,21,25). The predicted molar refractivity (Wildman–Crippen MR) is 104 cm³/mol. The number of hydrogen-bond donors (Lipinski definition) is 2. The molecule has 0 aliphatic carbocycles. The predicted octanol–water partition coefficient (Wildman–Crippen LogP) is 2.80. The number of fused-ring (bicyclic) bond motifs is 1. The molecule has 1 unspecified atom stereocenters. The minimum atomic E-state index is -0.400. The molecule has 0 aliphatic heterocycles. The van der Waals surface area contributed by atoms with Gasteiger partial charge in [0.1, 0.15) is 4.70 Å². The first-order valence-corrected chi connectivity index (χ1v) is 9.49. The van der Waals surface area contributed by atoms with Crippen LogP contribution in [0.4, 0.5) is 0 Å². The lowest BCUT2D eigenvalue weighted by Crippen LogP contribution is -2.34. The van der Waals surface area contributed by atoms with Crippen LogP contribution in [0.1, 0.15) is 37.8 Å². The maximum Gasteiger partial charge on any atom is 0.328 e. The van der Waals surface area contributed by atoms with Crippen molar-refractivity contribution in [3.8, 4) is 0 Å². The number of carbonyl (C=O) groups is 1. The van der Waals surface area contributed by atoms with Gasteiger partial charge in [-0.15, -0.1) is 11.3 Å². The number of aromatic nitrogens is 2. The summed E-state index contributed by atoms with van der Waals surface area (Å²) in [6.07, 6.45) is 1.57. The molecule has 3 aromatic rings. The quantitative estimate of drug-likeness (QED) is 0.627. The molecule has 1 aromatic carbocycles. The van der Waals surface area contributed by atoms with Gasteiger partial charge in [-0.3, -0.25) is 14.2 Å². The third-order valence-corrected chi connectivity index (χ3v) is 5.21. The zero-order valence-electron chi connectivity index (χ0n) is 14.5. The lowest BCUT2D eigenvalue weighted by molar-refractivity contribution is -0.121. The molecule has 2 aromatic heterocycles. The molecule has 7 heteroatoms. The van der Waals surface area contributed by atoms with Crippen molar-refractivity contribution in [1.82, 2.24) is 14.9 Å². The number of aromatic amines is 1. The number of nitrogens with zero attached hydrogens (tertiary/aromatic N) is 1. The molecule has 26 heavy (non-hydrogen) atoms. The number of hydrogen-bond acceptors (Lipinski definition) is 4. The van der Waals surface area contributed by atoms with Gasteiger partial charge in [-0.2, -0.15) is 0 Å². The van der Waals surface area contributed by atoms with Gasteiger partial charge in [0.2, 0.25) is 5.91 Å². The molecule has 0 saturated carbocycles. The Balaban J connectivity index is 1.51. The average molecular weight is 371 g/mol. The van der Waals surface area contributed by atoms with Crippen LogP contribution in [-0.4, -0.2) is 15.5 Å². The first-order valence-electron chi connectivity index (χ1n) is 8.61. The van der Waals surface area contributed by atoms with Crippen LogP contribution in [0.5, 0.6) is 0 Å². The van der Waals surface area contributed by atoms with Crippen molar-refractivity contribution < 1.29 is 4.79 Å². The zero-order chi connectivity index (χ0) is 18.5. The van der Waals surface area contributed by atoms with Crippen LogP contribution < -0.4 is 16.6 Å². The minimum Gasteiger partial charge on any atom is -0.350 e. The molecular formula is C19H21N3O3S. The van der Waals surface area contributed by atoms with Crippen LogP contribution in [0.25, 0.3) is 10.2 Å². The maximum atomic E-state index is 12.3. The summed E-state index contributed by atoms with van der Waals surface area (Å²) < 4.78 is 1.77. The van der Waals surface area contributed by atoms with Crippen molar-refractivity contribution in [3.05, 3.63) is 68.2 Å². The summed E-state index contributed by atoms with van der Waals surface area (Å²) >= 11 is 1.32. The Hall–Kier alpha value is -2.67. The molecule has 0 radical (unpaired) electrons. The Bertz CT molecular complexity index is 1000. The molecule has 1 amide bonds. The average Bonchev–Trinajstić information content (AvgIpc) is 3.10. The van der Waals surface area contributed by atoms with E-state index in [1.807, 2.05) is 37.3 Å². The van der Waals surface area contributed by atoms with E-state index in [2.05, 4.69) is 10.3 Å². The number of amides is 1. The Labute approximate surface area is 154 Å². The Morgan fingerprint density at radius 1 is 1.19 bits per heavy atom. The van der Waals surface area contributed by atoms with Gasteiger partial charge in [-0.25, -0.2) is 4.79 Å². The molecule has 136 valence electrons. The van der Waals surface area contributed by atoms with Gasteiger partial charge in [-0.1, -0.05) is 30.3 Å². The monoisotopic (exact) mass is 371 g/mol. The number of unbranched alkanes of at least 4 members (excludes halogenated alkanes) is 1. The zero-order valence-corrected chi connectivity index (χ0v) is 15.3. The van der Waals surface area contributed by atoms with E-state index in [9.17, 15) is 14.4 Å². The highest BCUT2D eigenvalue weighted by atomic mass is 32.1. The summed E-state index contributed by atoms with van der Waals surface area (Å²) in [6.45, 7) is 2.26. The van der Waals surface area contributed by atoms with E-state index in [-0.39, 0.29) is 17.5 Å². The molecule has 6 nitrogen and oxygen atoms in total. The summed E-state index contributed by atoms with van der Waals surface area (Å²) in [4.78, 5) is 39.1. The van der Waals surface area contributed by atoms with E-state index in [1.54, 1.807) is 11.4 Å². The SMILES string of the molecule is CC(NC(=O)CCCCn1c(=O)[nH]c2ccsc2c1=O)c1ccccc1. The van der Waals surface area contributed by atoms with Crippen LogP contribution in [0.2, 0.25) is 0 Å². The summed E-state index contributed by atoms with van der Waals surface area (Å²) in [6, 6.07) is 11.5. The molecule has 2 N–H and O–H groups in total. The fourth-order valence-electron chi connectivity index (χ4n) is 2.87. The highest BCUT2D eigenvalue weighted by Crippen LogP contribution is 2.13. The fourth-order valence-corrected chi connectivity index (χ4v) is 3.67. The fraction of sp³-hybridized carbons (Fsp3) is 0.316. The van der Waals surface area contributed by atoms with Crippen LogP contribution in [0.15, 0.2) is 51.4 Å². The minimum absolute atomic E-state index is 0.0312. The summed E-state index contributed by atoms with van der Waals surface area (Å²) in [5.41, 5.74) is 0.975. The lowest BCUT2D eigenvalue weighted by atomic mass is 10.1. The highest BCUT2D eigenvalue weighted by Gasteiger charge is 2.10. The van der Waals surface area contributed by atoms with Gasteiger partial charge in [0.05, 0.1) is 11.6 Å². The molecule has 0 bridgehead atoms. The Kier molecular flexibility index (Phi) is 5.68. The third-order valence-electron chi connectivity index (χ3n) is 4.30. The van der Waals surface area contributed by atoms with Gasteiger partial charge in [0.15, 0.2) is 0 Å². The van der Waals surface area contributed by atoms with Crippen LogP contribution in [-0.2, 0) is 11.3 Å². The number of rotatable bonds is 7. The van der Waals surface area contributed by atoms with Gasteiger partial charge in [0, 0.05) is 13.0 Å².